The number of esters is 1. The Balaban J connectivity index is 1.26. The normalized spacial score (nSPS) is 34.7. The summed E-state index contributed by atoms with van der Waals surface area (Å²) in [6.07, 6.45) is 17.0. The topological polar surface area (TPSA) is 105 Å². The molecule has 3 N–H and O–H groups in total. The van der Waals surface area contributed by atoms with Crippen LogP contribution in [0.3, 0.4) is 0 Å². The van der Waals surface area contributed by atoms with Gasteiger partial charge >= 0.3 is 12.1 Å². The lowest BCUT2D eigenvalue weighted by atomic mass is 9.47. The highest BCUT2D eigenvalue weighted by molar-refractivity contribution is 5.76. The van der Waals surface area contributed by atoms with Gasteiger partial charge in [-0.25, -0.2) is 4.79 Å². The summed E-state index contributed by atoms with van der Waals surface area (Å²) in [5.74, 6) is 3.42. The van der Waals surface area contributed by atoms with Crippen molar-refractivity contribution < 1.29 is 29.3 Å². The Hall–Kier alpha value is -1.60. The van der Waals surface area contributed by atoms with E-state index in [4.69, 9.17) is 9.47 Å². The molecule has 3 fully saturated rings. The highest BCUT2D eigenvalue weighted by Gasteiger charge is 2.58. The van der Waals surface area contributed by atoms with Crippen molar-refractivity contribution in [1.82, 2.24) is 5.32 Å². The molecule has 0 aromatic rings. The number of aliphatic hydroxyl groups is 2. The van der Waals surface area contributed by atoms with Gasteiger partial charge < -0.3 is 25.0 Å². The highest BCUT2D eigenvalue weighted by atomic mass is 16.6. The predicted molar refractivity (Wildman–Crippen MR) is 160 cm³/mol. The number of ether oxygens (including phenoxy) is 2. The van der Waals surface area contributed by atoms with Crippen molar-refractivity contribution in [1.29, 1.82) is 0 Å². The second kappa shape index (κ2) is 13.4. The van der Waals surface area contributed by atoms with Crippen LogP contribution in [-0.2, 0) is 14.3 Å². The van der Waals surface area contributed by atoms with E-state index < -0.39 is 30.7 Å². The average molecular weight is 576 g/mol. The van der Waals surface area contributed by atoms with Gasteiger partial charge in [0.2, 0.25) is 0 Å². The molecule has 234 valence electrons. The van der Waals surface area contributed by atoms with Crippen LogP contribution in [0.25, 0.3) is 0 Å². The molecule has 4 rings (SSSR count). The van der Waals surface area contributed by atoms with Gasteiger partial charge in [0.1, 0.15) is 18.1 Å². The molecular formula is C34H57NO6. The Kier molecular flexibility index (Phi) is 10.5. The van der Waals surface area contributed by atoms with Gasteiger partial charge in [0.15, 0.2) is 0 Å². The van der Waals surface area contributed by atoms with E-state index in [0.29, 0.717) is 5.41 Å². The number of rotatable bonds is 12. The van der Waals surface area contributed by atoms with E-state index in [2.05, 4.69) is 39.1 Å². The maximum atomic E-state index is 12.5. The Morgan fingerprint density at radius 1 is 1.07 bits per heavy atom. The van der Waals surface area contributed by atoms with E-state index in [1.54, 1.807) is 0 Å². The number of allylic oxidation sites excluding steroid dienone is 1. The lowest BCUT2D eigenvalue weighted by Gasteiger charge is -2.58. The summed E-state index contributed by atoms with van der Waals surface area (Å²) < 4.78 is 10.9. The van der Waals surface area contributed by atoms with Crippen LogP contribution in [-0.4, -0.2) is 54.7 Å². The lowest BCUT2D eigenvalue weighted by Crippen LogP contribution is -2.50. The summed E-state index contributed by atoms with van der Waals surface area (Å²) in [4.78, 5) is 24.5. The molecule has 4 aliphatic rings. The minimum Gasteiger partial charge on any atom is -0.463 e. The number of carbonyl (C=O) groups excluding carboxylic acids is 2. The lowest BCUT2D eigenvalue weighted by molar-refractivity contribution is -0.159. The van der Waals surface area contributed by atoms with Crippen molar-refractivity contribution in [2.24, 2.45) is 45.8 Å². The molecule has 0 saturated heterocycles. The summed E-state index contributed by atoms with van der Waals surface area (Å²) in [7, 11) is 0. The minimum atomic E-state index is -1.34. The van der Waals surface area contributed by atoms with Crippen LogP contribution >= 0.6 is 0 Å². The van der Waals surface area contributed by atoms with Crippen LogP contribution in [0.15, 0.2) is 11.6 Å². The third-order valence-corrected chi connectivity index (χ3v) is 11.9. The number of carbonyl (C=O) groups is 2. The van der Waals surface area contributed by atoms with Crippen LogP contribution in [0.2, 0.25) is 0 Å². The molecule has 41 heavy (non-hydrogen) atoms. The van der Waals surface area contributed by atoms with Gasteiger partial charge in [0.25, 0.3) is 0 Å². The first-order chi connectivity index (χ1) is 19.5. The summed E-state index contributed by atoms with van der Waals surface area (Å²) in [5.41, 5.74) is 0.889. The maximum Gasteiger partial charge on any atom is 0.407 e. The molecule has 7 atom stereocenters. The molecule has 1 amide bonds. The number of alkyl carbamates (subject to hydrolysis) is 1. The van der Waals surface area contributed by atoms with Crippen molar-refractivity contribution in [3.05, 3.63) is 11.6 Å². The first-order valence-corrected chi connectivity index (χ1v) is 16.5. The van der Waals surface area contributed by atoms with E-state index in [0.717, 1.165) is 48.9 Å². The fourth-order valence-corrected chi connectivity index (χ4v) is 9.10. The number of fused-ring (bicyclic) bond motifs is 5. The smallest absolute Gasteiger partial charge is 0.407 e. The van der Waals surface area contributed by atoms with E-state index in [1.165, 1.54) is 70.3 Å². The van der Waals surface area contributed by atoms with Gasteiger partial charge in [-0.2, -0.15) is 0 Å². The van der Waals surface area contributed by atoms with E-state index in [-0.39, 0.29) is 24.7 Å². The molecule has 0 radical (unpaired) electrons. The third-order valence-electron chi connectivity index (χ3n) is 11.9. The molecule has 0 aromatic heterocycles. The van der Waals surface area contributed by atoms with Gasteiger partial charge in [-0.3, -0.25) is 4.79 Å². The first-order valence-electron chi connectivity index (χ1n) is 16.5. The van der Waals surface area contributed by atoms with Gasteiger partial charge in [0.05, 0.1) is 19.8 Å². The number of unbranched alkanes of at least 4 members (excludes halogenated alkanes) is 1. The largest absolute Gasteiger partial charge is 0.463 e. The summed E-state index contributed by atoms with van der Waals surface area (Å²) in [5, 5.41) is 21.3. The number of aliphatic hydroxyl groups excluding tert-OH is 2. The molecule has 0 bridgehead atoms. The van der Waals surface area contributed by atoms with E-state index >= 15 is 0 Å². The maximum absolute atomic E-state index is 12.5. The monoisotopic (exact) mass is 575 g/mol. The molecule has 1 unspecified atom stereocenters. The first kappa shape index (κ1) is 32.3. The van der Waals surface area contributed by atoms with Crippen LogP contribution in [0.4, 0.5) is 4.79 Å². The van der Waals surface area contributed by atoms with E-state index in [9.17, 15) is 19.8 Å². The van der Waals surface area contributed by atoms with Crippen molar-refractivity contribution in [2.45, 2.75) is 118 Å². The van der Waals surface area contributed by atoms with Crippen molar-refractivity contribution in [3.8, 4) is 0 Å². The summed E-state index contributed by atoms with van der Waals surface area (Å²) in [6.45, 7) is 10.3. The number of hydrogen-bond donors (Lipinski definition) is 3. The fourth-order valence-electron chi connectivity index (χ4n) is 9.10. The standard InChI is InChI=1S/C34H57NO6/c1-23(2)8-6-7-9-24-11-13-28-27-12-10-25-20-26(14-16-34(25,5)29(27)15-17-33(24,28)4)41-31(39)35-18-19-40-30(38)32(3,21-36)22-37/h10,23-24,26-29,36-37H,6-9,11-22H2,1-5H3,(H,35,39)/t24-,26?,27-,28-,29-,33+,34-/m0/s1. The van der Waals surface area contributed by atoms with Crippen LogP contribution < -0.4 is 5.32 Å². The van der Waals surface area contributed by atoms with Gasteiger partial charge in [-0.1, -0.05) is 58.6 Å². The van der Waals surface area contributed by atoms with Crippen LogP contribution in [0.1, 0.15) is 112 Å². The van der Waals surface area contributed by atoms with Crippen molar-refractivity contribution in [2.75, 3.05) is 26.4 Å². The van der Waals surface area contributed by atoms with Crippen molar-refractivity contribution in [3.63, 3.8) is 0 Å². The molecule has 3 saturated carbocycles. The molecule has 7 nitrogen and oxygen atoms in total. The van der Waals surface area contributed by atoms with Gasteiger partial charge in [-0.15, -0.1) is 0 Å². The number of amides is 1. The van der Waals surface area contributed by atoms with E-state index in [1.807, 2.05) is 0 Å². The zero-order valence-electron chi connectivity index (χ0n) is 26.4. The molecular weight excluding hydrogens is 518 g/mol. The molecule has 0 spiro atoms. The zero-order chi connectivity index (χ0) is 29.8. The average Bonchev–Trinajstić information content (AvgIpc) is 3.29. The molecule has 0 heterocycles. The summed E-state index contributed by atoms with van der Waals surface area (Å²) in [6, 6.07) is 0. The zero-order valence-corrected chi connectivity index (χ0v) is 26.4. The molecule has 4 aliphatic carbocycles. The highest BCUT2D eigenvalue weighted by Crippen LogP contribution is 2.66. The molecule has 7 heteroatoms. The van der Waals surface area contributed by atoms with Gasteiger partial charge in [0, 0.05) is 6.42 Å². The second-order valence-electron chi connectivity index (χ2n) is 15.0. The Morgan fingerprint density at radius 3 is 2.54 bits per heavy atom. The Labute approximate surface area is 248 Å². The Bertz CT molecular complexity index is 943. The van der Waals surface area contributed by atoms with Crippen LogP contribution in [0.5, 0.6) is 0 Å². The van der Waals surface area contributed by atoms with Crippen molar-refractivity contribution >= 4 is 12.1 Å². The SMILES string of the molecule is CC(C)CCCC[C@H]1CC[C@H]2[C@@H]3CC=C4CC(OC(=O)NCCOC(=O)C(C)(CO)CO)CC[C@]4(C)[C@H]3CC[C@]12C. The third kappa shape index (κ3) is 6.82. The minimum absolute atomic E-state index is 0.0423. The second-order valence-corrected chi connectivity index (χ2v) is 15.0. The molecule has 0 aliphatic heterocycles. The summed E-state index contributed by atoms with van der Waals surface area (Å²) >= 11 is 0. The molecule has 0 aromatic carbocycles. The quantitative estimate of drug-likeness (QED) is 0.141. The predicted octanol–water partition coefficient (Wildman–Crippen LogP) is 6.41. The number of nitrogens with one attached hydrogen (secondary N) is 1. The number of hydrogen-bond acceptors (Lipinski definition) is 6. The van der Waals surface area contributed by atoms with Crippen LogP contribution in [0, 0.1) is 45.8 Å². The fraction of sp³-hybridized carbons (Fsp3) is 0.882. The Morgan fingerprint density at radius 2 is 1.83 bits per heavy atom. The van der Waals surface area contributed by atoms with Gasteiger partial charge in [-0.05, 0) is 98.7 Å².